The van der Waals surface area contributed by atoms with Crippen LogP contribution < -0.4 is 16.6 Å². The molecule has 0 bridgehead atoms. The number of hydrogen-bond donors (Lipinski definition) is 3. The normalized spacial score (nSPS) is 17.1. The molecule has 1 heterocycles. The quantitative estimate of drug-likeness (QED) is 0.519. The Labute approximate surface area is 176 Å². The minimum atomic E-state index is -1.74. The Balaban J connectivity index is 1.93. The molecule has 3 N–H and O–H groups in total. The van der Waals surface area contributed by atoms with Gasteiger partial charge < -0.3 is 20.3 Å². The van der Waals surface area contributed by atoms with E-state index in [1.165, 1.54) is 32.2 Å². The summed E-state index contributed by atoms with van der Waals surface area (Å²) in [6, 6.07) is 4.26. The van der Waals surface area contributed by atoms with Gasteiger partial charge in [-0.3, -0.25) is 14.2 Å². The fraction of sp³-hybridized carbons (Fsp3) is 0.474. The Kier molecular flexibility index (Phi) is 6.14. The van der Waals surface area contributed by atoms with Gasteiger partial charge in [-0.25, -0.2) is 4.79 Å². The number of rotatable bonds is 7. The lowest BCUT2D eigenvalue weighted by atomic mass is 9.80. The highest BCUT2D eigenvalue weighted by molar-refractivity contribution is 6.33. The summed E-state index contributed by atoms with van der Waals surface area (Å²) < 4.78 is 6.56. The van der Waals surface area contributed by atoms with E-state index < -0.39 is 35.1 Å². The van der Waals surface area contributed by atoms with Crippen molar-refractivity contribution in [2.75, 3.05) is 13.7 Å². The molecule has 162 valence electrons. The zero-order valence-electron chi connectivity index (χ0n) is 16.6. The third-order valence-corrected chi connectivity index (χ3v) is 5.48. The number of halogens is 1. The number of ether oxygens (including phenoxy) is 1. The van der Waals surface area contributed by atoms with Gasteiger partial charge in [-0.2, -0.15) is 9.78 Å². The number of hydrogen-bond acceptors (Lipinski definition) is 7. The van der Waals surface area contributed by atoms with Crippen molar-refractivity contribution in [2.45, 2.75) is 44.1 Å². The summed E-state index contributed by atoms with van der Waals surface area (Å²) in [7, 11) is 1.24. The summed E-state index contributed by atoms with van der Waals surface area (Å²) in [6.07, 6.45) is 3.07. The lowest BCUT2D eigenvalue weighted by Gasteiger charge is -2.36. The molecular formula is C19H23ClN4O6. The molecule has 1 atom stereocenters. The van der Waals surface area contributed by atoms with Crippen molar-refractivity contribution in [1.82, 2.24) is 19.7 Å². The van der Waals surface area contributed by atoms with Crippen LogP contribution in [0.2, 0.25) is 5.02 Å². The topological polar surface area (TPSA) is 136 Å². The van der Waals surface area contributed by atoms with E-state index in [1.807, 2.05) is 0 Å². The number of nitrogens with one attached hydrogen (secondary N) is 1. The van der Waals surface area contributed by atoms with E-state index in [0.717, 1.165) is 21.9 Å². The molecule has 1 fully saturated rings. The number of carbonyl (C=O) groups excluding carboxylic acids is 1. The fourth-order valence-corrected chi connectivity index (χ4v) is 3.24. The lowest BCUT2D eigenvalue weighted by Crippen LogP contribution is -2.47. The molecule has 1 saturated carbocycles. The lowest BCUT2D eigenvalue weighted by molar-refractivity contribution is -0.180. The van der Waals surface area contributed by atoms with Crippen molar-refractivity contribution < 1.29 is 19.7 Å². The zero-order chi connectivity index (χ0) is 22.1. The van der Waals surface area contributed by atoms with Crippen molar-refractivity contribution in [3.05, 3.63) is 55.8 Å². The maximum atomic E-state index is 12.8. The number of nitrogens with zero attached hydrogens (tertiary/aromatic N) is 3. The van der Waals surface area contributed by atoms with Crippen molar-refractivity contribution >= 4 is 17.5 Å². The van der Waals surface area contributed by atoms with Crippen LogP contribution in [-0.4, -0.2) is 55.5 Å². The standard InChI is InChI=1S/C19H23ClN4O6/c1-18(28,30-2)11-23-15(25)9-22-24(17(23)27)12-4-5-14(20)13(8-12)16(26)21-10-19(29)6-3-7-19/h4-5,8-9,28-29H,3,6-7,10-11H2,1-2H3,(H,21,26). The van der Waals surface area contributed by atoms with Crippen LogP contribution in [0.4, 0.5) is 0 Å². The van der Waals surface area contributed by atoms with Crippen LogP contribution in [0.5, 0.6) is 0 Å². The average Bonchev–Trinajstić information content (AvgIpc) is 2.68. The van der Waals surface area contributed by atoms with Gasteiger partial charge >= 0.3 is 5.69 Å². The first-order valence-electron chi connectivity index (χ1n) is 9.32. The van der Waals surface area contributed by atoms with E-state index in [2.05, 4.69) is 10.4 Å². The number of benzene rings is 1. The average molecular weight is 439 g/mol. The second kappa shape index (κ2) is 8.31. The van der Waals surface area contributed by atoms with Gasteiger partial charge in [0.1, 0.15) is 6.20 Å². The molecule has 11 heteroatoms. The van der Waals surface area contributed by atoms with Crippen LogP contribution in [0, 0.1) is 0 Å². The zero-order valence-corrected chi connectivity index (χ0v) is 17.3. The van der Waals surface area contributed by atoms with Gasteiger partial charge in [0, 0.05) is 13.7 Å². The van der Waals surface area contributed by atoms with Crippen LogP contribution in [0.25, 0.3) is 5.69 Å². The van der Waals surface area contributed by atoms with E-state index in [0.29, 0.717) is 12.8 Å². The Hall–Kier alpha value is -2.53. The SMILES string of the molecule is COC(C)(O)Cn1c(=O)cnn(-c2ccc(Cl)c(C(=O)NCC3(O)CCC3)c2)c1=O. The molecule has 1 aliphatic rings. The molecule has 3 rings (SSSR count). The second-order valence-corrected chi connectivity index (χ2v) is 7.97. The maximum absolute atomic E-state index is 12.8. The van der Waals surface area contributed by atoms with Gasteiger partial charge in [0.25, 0.3) is 11.5 Å². The smallest absolute Gasteiger partial charge is 0.352 e. The number of carbonyl (C=O) groups is 1. The molecular weight excluding hydrogens is 416 g/mol. The van der Waals surface area contributed by atoms with E-state index >= 15 is 0 Å². The minimum Gasteiger partial charge on any atom is -0.388 e. The van der Waals surface area contributed by atoms with Crippen molar-refractivity contribution in [3.8, 4) is 5.69 Å². The predicted molar refractivity (Wildman–Crippen MR) is 108 cm³/mol. The Morgan fingerprint density at radius 1 is 1.40 bits per heavy atom. The summed E-state index contributed by atoms with van der Waals surface area (Å²) in [5, 5.41) is 26.8. The van der Waals surface area contributed by atoms with Crippen LogP contribution in [0.15, 0.2) is 34.0 Å². The van der Waals surface area contributed by atoms with Gasteiger partial charge in [0.2, 0.25) is 0 Å². The summed E-state index contributed by atoms with van der Waals surface area (Å²) in [5.74, 6) is -2.25. The molecule has 1 unspecified atom stereocenters. The number of aromatic nitrogens is 3. The Morgan fingerprint density at radius 3 is 2.70 bits per heavy atom. The van der Waals surface area contributed by atoms with Crippen LogP contribution in [-0.2, 0) is 11.3 Å². The van der Waals surface area contributed by atoms with Crippen molar-refractivity contribution in [2.24, 2.45) is 0 Å². The molecule has 0 saturated heterocycles. The Morgan fingerprint density at radius 2 is 2.10 bits per heavy atom. The summed E-state index contributed by atoms with van der Waals surface area (Å²) in [5.41, 5.74) is -2.15. The molecule has 10 nitrogen and oxygen atoms in total. The molecule has 1 amide bonds. The highest BCUT2D eigenvalue weighted by atomic mass is 35.5. The van der Waals surface area contributed by atoms with Gasteiger partial charge in [-0.05, 0) is 44.4 Å². The number of aliphatic hydroxyl groups is 2. The van der Waals surface area contributed by atoms with E-state index in [-0.39, 0.29) is 22.8 Å². The van der Waals surface area contributed by atoms with Gasteiger partial charge in [0.15, 0.2) is 5.79 Å². The Bertz CT molecular complexity index is 1070. The van der Waals surface area contributed by atoms with Crippen molar-refractivity contribution in [3.63, 3.8) is 0 Å². The van der Waals surface area contributed by atoms with Crippen LogP contribution in [0.1, 0.15) is 36.5 Å². The van der Waals surface area contributed by atoms with E-state index in [9.17, 15) is 24.6 Å². The van der Waals surface area contributed by atoms with Gasteiger partial charge in [-0.15, -0.1) is 0 Å². The third kappa shape index (κ3) is 4.62. The number of amides is 1. The maximum Gasteiger partial charge on any atom is 0.352 e. The highest BCUT2D eigenvalue weighted by Gasteiger charge is 2.34. The molecule has 30 heavy (non-hydrogen) atoms. The van der Waals surface area contributed by atoms with Crippen LogP contribution >= 0.6 is 11.6 Å². The molecule has 0 radical (unpaired) electrons. The molecule has 1 aromatic carbocycles. The largest absolute Gasteiger partial charge is 0.388 e. The van der Waals surface area contributed by atoms with Gasteiger partial charge in [0.05, 0.1) is 28.4 Å². The fourth-order valence-electron chi connectivity index (χ4n) is 3.04. The first kappa shape index (κ1) is 22.2. The molecule has 1 aromatic heterocycles. The molecule has 2 aromatic rings. The first-order chi connectivity index (χ1) is 14.1. The monoisotopic (exact) mass is 438 g/mol. The second-order valence-electron chi connectivity index (χ2n) is 7.57. The summed E-state index contributed by atoms with van der Waals surface area (Å²) in [6.45, 7) is 0.995. The van der Waals surface area contributed by atoms with E-state index in [4.69, 9.17) is 16.3 Å². The van der Waals surface area contributed by atoms with Crippen molar-refractivity contribution in [1.29, 1.82) is 0 Å². The third-order valence-electron chi connectivity index (χ3n) is 5.15. The predicted octanol–water partition coefficient (Wildman–Crippen LogP) is 0.0473. The van der Waals surface area contributed by atoms with Crippen LogP contribution in [0.3, 0.4) is 0 Å². The summed E-state index contributed by atoms with van der Waals surface area (Å²) in [4.78, 5) is 37.4. The van der Waals surface area contributed by atoms with E-state index in [1.54, 1.807) is 0 Å². The summed E-state index contributed by atoms with van der Waals surface area (Å²) >= 11 is 6.14. The first-order valence-corrected chi connectivity index (χ1v) is 9.70. The molecule has 0 spiro atoms. The molecule has 0 aliphatic heterocycles. The highest BCUT2D eigenvalue weighted by Crippen LogP contribution is 2.30. The number of methoxy groups -OCH3 is 1. The minimum absolute atomic E-state index is 0.0902. The van der Waals surface area contributed by atoms with Gasteiger partial charge in [-0.1, -0.05) is 11.6 Å². The molecule has 1 aliphatic carbocycles.